The zero-order valence-electron chi connectivity index (χ0n) is 8.40. The van der Waals surface area contributed by atoms with Gasteiger partial charge >= 0.3 is 0 Å². The summed E-state index contributed by atoms with van der Waals surface area (Å²) in [7, 11) is 0. The summed E-state index contributed by atoms with van der Waals surface area (Å²) in [6.45, 7) is 0.872. The molecule has 0 N–H and O–H groups in total. The van der Waals surface area contributed by atoms with Gasteiger partial charge in [0.2, 0.25) is 0 Å². The molecule has 3 nitrogen and oxygen atoms in total. The van der Waals surface area contributed by atoms with E-state index in [9.17, 15) is 4.79 Å². The maximum atomic E-state index is 12.1. The molecular formula is C11H13BrN2O. The predicted molar refractivity (Wildman–Crippen MR) is 62.1 cm³/mol. The minimum absolute atomic E-state index is 0.124. The van der Waals surface area contributed by atoms with Gasteiger partial charge in [-0.1, -0.05) is 15.9 Å². The van der Waals surface area contributed by atoms with Crippen LogP contribution >= 0.6 is 15.9 Å². The van der Waals surface area contributed by atoms with Crippen LogP contribution in [0, 0.1) is 0 Å². The Hall–Kier alpha value is -0.900. The first-order valence-corrected chi connectivity index (χ1v) is 6.22. The van der Waals surface area contributed by atoms with Crippen LogP contribution in [0.5, 0.6) is 0 Å². The highest BCUT2D eigenvalue weighted by molar-refractivity contribution is 9.09. The Labute approximate surface area is 97.6 Å². The second-order valence-electron chi connectivity index (χ2n) is 3.68. The van der Waals surface area contributed by atoms with Gasteiger partial charge in [0.15, 0.2) is 0 Å². The molecule has 0 aliphatic carbocycles. The molecule has 1 fully saturated rings. The lowest BCUT2D eigenvalue weighted by molar-refractivity contribution is 0.0750. The summed E-state index contributed by atoms with van der Waals surface area (Å²) in [5.74, 6) is 0.124. The number of carbonyl (C=O) groups excluding carboxylic acids is 1. The third kappa shape index (κ3) is 2.20. The molecule has 1 aliphatic rings. The lowest BCUT2D eigenvalue weighted by Gasteiger charge is -2.22. The maximum absolute atomic E-state index is 12.1. The van der Waals surface area contributed by atoms with Crippen LogP contribution in [0.2, 0.25) is 0 Å². The summed E-state index contributed by atoms with van der Waals surface area (Å²) >= 11 is 3.45. The Kier molecular flexibility index (Phi) is 3.36. The lowest BCUT2D eigenvalue weighted by Crippen LogP contribution is -2.36. The van der Waals surface area contributed by atoms with Crippen LogP contribution in [0.1, 0.15) is 23.2 Å². The zero-order valence-corrected chi connectivity index (χ0v) is 9.98. The molecule has 0 radical (unpaired) electrons. The first kappa shape index (κ1) is 10.6. The average Bonchev–Trinajstić information content (AvgIpc) is 2.77. The Morgan fingerprint density at radius 3 is 2.93 bits per heavy atom. The van der Waals surface area contributed by atoms with Gasteiger partial charge in [-0.25, -0.2) is 0 Å². The number of alkyl halides is 1. The smallest absolute Gasteiger partial charge is 0.254 e. The highest BCUT2D eigenvalue weighted by atomic mass is 79.9. The van der Waals surface area contributed by atoms with Crippen LogP contribution in [0.3, 0.4) is 0 Å². The number of nitrogens with zero attached hydrogens (tertiary/aromatic N) is 2. The number of rotatable bonds is 2. The number of pyridine rings is 1. The molecular weight excluding hydrogens is 256 g/mol. The molecule has 1 aromatic rings. The molecule has 1 unspecified atom stereocenters. The SMILES string of the molecule is O=C(c1ccncc1)N1CCCC1CBr. The van der Waals surface area contributed by atoms with E-state index < -0.39 is 0 Å². The van der Waals surface area contributed by atoms with E-state index in [1.165, 1.54) is 0 Å². The van der Waals surface area contributed by atoms with E-state index in [1.807, 2.05) is 4.90 Å². The largest absolute Gasteiger partial charge is 0.335 e. The Morgan fingerprint density at radius 1 is 1.53 bits per heavy atom. The number of hydrogen-bond acceptors (Lipinski definition) is 2. The fourth-order valence-electron chi connectivity index (χ4n) is 1.92. The molecule has 2 rings (SSSR count). The lowest BCUT2D eigenvalue weighted by atomic mass is 10.2. The monoisotopic (exact) mass is 268 g/mol. The average molecular weight is 269 g/mol. The second kappa shape index (κ2) is 4.75. The molecule has 2 heterocycles. The summed E-state index contributed by atoms with van der Waals surface area (Å²) in [5, 5.41) is 0.865. The predicted octanol–water partition coefficient (Wildman–Crippen LogP) is 2.08. The second-order valence-corrected chi connectivity index (χ2v) is 4.33. The van der Waals surface area contributed by atoms with Gasteiger partial charge in [0.25, 0.3) is 5.91 Å². The van der Waals surface area contributed by atoms with Gasteiger partial charge in [-0.3, -0.25) is 9.78 Å². The van der Waals surface area contributed by atoms with Crippen molar-refractivity contribution in [1.82, 2.24) is 9.88 Å². The summed E-state index contributed by atoms with van der Waals surface area (Å²) in [4.78, 5) is 18.0. The molecule has 0 bridgehead atoms. The molecule has 1 aromatic heterocycles. The molecule has 80 valence electrons. The Bertz CT molecular complexity index is 342. The molecule has 0 spiro atoms. The van der Waals surface area contributed by atoms with Gasteiger partial charge in [0, 0.05) is 35.9 Å². The number of aromatic nitrogens is 1. The first-order chi connectivity index (χ1) is 7.33. The summed E-state index contributed by atoms with van der Waals surface area (Å²) < 4.78 is 0. The van der Waals surface area contributed by atoms with E-state index in [-0.39, 0.29) is 5.91 Å². The van der Waals surface area contributed by atoms with Crippen LogP contribution in [-0.4, -0.2) is 33.7 Å². The van der Waals surface area contributed by atoms with E-state index in [4.69, 9.17) is 0 Å². The molecule has 0 saturated carbocycles. The van der Waals surface area contributed by atoms with Crippen molar-refractivity contribution in [2.45, 2.75) is 18.9 Å². The van der Waals surface area contributed by atoms with Crippen LogP contribution in [0.4, 0.5) is 0 Å². The van der Waals surface area contributed by atoms with E-state index in [0.29, 0.717) is 6.04 Å². The van der Waals surface area contributed by atoms with Gasteiger partial charge in [0.05, 0.1) is 0 Å². The standard InChI is InChI=1S/C11H13BrN2O/c12-8-10-2-1-7-14(10)11(15)9-3-5-13-6-4-9/h3-6,10H,1-2,7-8H2. The minimum Gasteiger partial charge on any atom is -0.335 e. The maximum Gasteiger partial charge on any atom is 0.254 e. The highest BCUT2D eigenvalue weighted by Gasteiger charge is 2.28. The normalized spacial score (nSPS) is 20.6. The van der Waals surface area contributed by atoms with Crippen LogP contribution < -0.4 is 0 Å². The number of halogens is 1. The number of amides is 1. The van der Waals surface area contributed by atoms with Crippen molar-refractivity contribution in [1.29, 1.82) is 0 Å². The fraction of sp³-hybridized carbons (Fsp3) is 0.455. The topological polar surface area (TPSA) is 33.2 Å². The van der Waals surface area contributed by atoms with E-state index in [1.54, 1.807) is 24.5 Å². The van der Waals surface area contributed by atoms with Gasteiger partial charge in [-0.2, -0.15) is 0 Å². The quantitative estimate of drug-likeness (QED) is 0.770. The zero-order chi connectivity index (χ0) is 10.7. The number of carbonyl (C=O) groups is 1. The Morgan fingerprint density at radius 2 is 2.27 bits per heavy atom. The van der Waals surface area contributed by atoms with Crippen molar-refractivity contribution >= 4 is 21.8 Å². The molecule has 1 amide bonds. The van der Waals surface area contributed by atoms with Gasteiger partial charge in [-0.15, -0.1) is 0 Å². The van der Waals surface area contributed by atoms with Crippen LogP contribution in [-0.2, 0) is 0 Å². The molecule has 1 saturated heterocycles. The van der Waals surface area contributed by atoms with Gasteiger partial charge < -0.3 is 4.90 Å². The third-order valence-electron chi connectivity index (χ3n) is 2.74. The van der Waals surface area contributed by atoms with E-state index >= 15 is 0 Å². The van der Waals surface area contributed by atoms with Crippen molar-refractivity contribution in [2.75, 3.05) is 11.9 Å². The summed E-state index contributed by atoms with van der Waals surface area (Å²) in [6, 6.07) is 3.89. The van der Waals surface area contributed by atoms with Crippen LogP contribution in [0.25, 0.3) is 0 Å². The summed E-state index contributed by atoms with van der Waals surface area (Å²) in [6.07, 6.45) is 5.52. The van der Waals surface area contributed by atoms with Gasteiger partial charge in [0.1, 0.15) is 0 Å². The molecule has 1 atom stereocenters. The number of hydrogen-bond donors (Lipinski definition) is 0. The molecule has 1 aliphatic heterocycles. The summed E-state index contributed by atoms with van der Waals surface area (Å²) in [5.41, 5.74) is 0.734. The fourth-order valence-corrected chi connectivity index (χ4v) is 2.60. The van der Waals surface area contributed by atoms with Gasteiger partial charge in [-0.05, 0) is 25.0 Å². The minimum atomic E-state index is 0.124. The molecule has 4 heteroatoms. The van der Waals surface area contributed by atoms with E-state index in [2.05, 4.69) is 20.9 Å². The van der Waals surface area contributed by atoms with E-state index in [0.717, 1.165) is 30.3 Å². The first-order valence-electron chi connectivity index (χ1n) is 5.10. The van der Waals surface area contributed by atoms with Crippen molar-refractivity contribution in [3.8, 4) is 0 Å². The van der Waals surface area contributed by atoms with Crippen molar-refractivity contribution < 1.29 is 4.79 Å². The van der Waals surface area contributed by atoms with Crippen molar-refractivity contribution in [3.63, 3.8) is 0 Å². The third-order valence-corrected chi connectivity index (χ3v) is 3.49. The van der Waals surface area contributed by atoms with Crippen molar-refractivity contribution in [3.05, 3.63) is 30.1 Å². The van der Waals surface area contributed by atoms with Crippen LogP contribution in [0.15, 0.2) is 24.5 Å². The molecule has 0 aromatic carbocycles. The number of likely N-dealkylation sites (tertiary alicyclic amines) is 1. The highest BCUT2D eigenvalue weighted by Crippen LogP contribution is 2.21. The Balaban J connectivity index is 2.14. The molecule has 15 heavy (non-hydrogen) atoms. The van der Waals surface area contributed by atoms with Crippen molar-refractivity contribution in [2.24, 2.45) is 0 Å².